The van der Waals surface area contributed by atoms with Crippen LogP contribution in [0.1, 0.15) is 31.3 Å². The minimum absolute atomic E-state index is 0.150. The van der Waals surface area contributed by atoms with Crippen LogP contribution in [-0.2, 0) is 16.6 Å². The van der Waals surface area contributed by atoms with Gasteiger partial charge in [-0.25, -0.2) is 0 Å². The molecule has 1 unspecified atom stereocenters. The van der Waals surface area contributed by atoms with Crippen molar-refractivity contribution in [2.75, 3.05) is 23.5 Å². The molecule has 3 rings (SSSR count). The summed E-state index contributed by atoms with van der Waals surface area (Å²) in [5.74, 6) is 1.66. The van der Waals surface area contributed by atoms with Gasteiger partial charge >= 0.3 is 0 Å². The SMILES string of the molecule is COc1ccccc1OC(C)c1nnc(SCC(=O)Nc2ccc(C)c(NC(C)=O)c2)n1C. The lowest BCUT2D eigenvalue weighted by Crippen LogP contribution is -2.15. The molecule has 0 aliphatic heterocycles. The first-order valence-corrected chi connectivity index (χ1v) is 11.3. The number of amides is 2. The summed E-state index contributed by atoms with van der Waals surface area (Å²) in [4.78, 5) is 23.8. The number of carbonyl (C=O) groups excluding carboxylic acids is 2. The van der Waals surface area contributed by atoms with E-state index >= 15 is 0 Å². The van der Waals surface area contributed by atoms with Gasteiger partial charge in [-0.1, -0.05) is 30.0 Å². The highest BCUT2D eigenvalue weighted by Crippen LogP contribution is 2.31. The van der Waals surface area contributed by atoms with Crippen LogP contribution in [0.3, 0.4) is 0 Å². The Bertz CT molecular complexity index is 1150. The molecule has 10 heteroatoms. The summed E-state index contributed by atoms with van der Waals surface area (Å²) in [5, 5.41) is 14.6. The normalized spacial score (nSPS) is 11.5. The van der Waals surface area contributed by atoms with Crippen LogP contribution in [0.15, 0.2) is 47.6 Å². The number of benzene rings is 2. The average Bonchev–Trinajstić information content (AvgIpc) is 3.15. The molecule has 0 radical (unpaired) electrons. The summed E-state index contributed by atoms with van der Waals surface area (Å²) in [6.45, 7) is 5.21. The summed E-state index contributed by atoms with van der Waals surface area (Å²) in [7, 11) is 3.42. The van der Waals surface area contributed by atoms with E-state index in [1.807, 2.05) is 51.2 Å². The van der Waals surface area contributed by atoms with Gasteiger partial charge in [-0.2, -0.15) is 0 Å². The quantitative estimate of drug-likeness (QED) is 0.457. The second-order valence-corrected chi connectivity index (χ2v) is 8.30. The maximum absolute atomic E-state index is 12.5. The van der Waals surface area contributed by atoms with Crippen LogP contribution in [0.2, 0.25) is 0 Å². The number of carbonyl (C=O) groups is 2. The van der Waals surface area contributed by atoms with E-state index in [1.165, 1.54) is 18.7 Å². The van der Waals surface area contributed by atoms with Gasteiger partial charge in [-0.05, 0) is 43.7 Å². The van der Waals surface area contributed by atoms with Crippen LogP contribution >= 0.6 is 11.8 Å². The first-order chi connectivity index (χ1) is 15.8. The van der Waals surface area contributed by atoms with Gasteiger partial charge in [0.25, 0.3) is 0 Å². The fourth-order valence-corrected chi connectivity index (χ4v) is 3.83. The average molecular weight is 470 g/mol. The molecule has 174 valence electrons. The van der Waals surface area contributed by atoms with Crippen molar-refractivity contribution in [1.82, 2.24) is 14.8 Å². The number of thioether (sulfide) groups is 1. The Labute approximate surface area is 196 Å². The number of anilines is 2. The van der Waals surface area contributed by atoms with E-state index in [0.717, 1.165) is 5.56 Å². The van der Waals surface area contributed by atoms with Gasteiger partial charge in [0.15, 0.2) is 28.6 Å². The summed E-state index contributed by atoms with van der Waals surface area (Å²) in [6, 6.07) is 12.8. The summed E-state index contributed by atoms with van der Waals surface area (Å²) < 4.78 is 13.1. The molecule has 0 bridgehead atoms. The van der Waals surface area contributed by atoms with Crippen LogP contribution in [-0.4, -0.2) is 39.4 Å². The van der Waals surface area contributed by atoms with E-state index in [-0.39, 0.29) is 23.7 Å². The Morgan fingerprint density at radius 3 is 2.55 bits per heavy atom. The van der Waals surface area contributed by atoms with E-state index < -0.39 is 0 Å². The molecule has 0 saturated heterocycles. The first-order valence-electron chi connectivity index (χ1n) is 10.3. The molecular formula is C23H27N5O4S. The molecule has 0 aliphatic rings. The number of aromatic nitrogens is 3. The summed E-state index contributed by atoms with van der Waals surface area (Å²) >= 11 is 1.27. The van der Waals surface area contributed by atoms with Crippen LogP contribution < -0.4 is 20.1 Å². The number of nitrogens with one attached hydrogen (secondary N) is 2. The molecule has 2 amide bonds. The zero-order valence-electron chi connectivity index (χ0n) is 19.2. The molecule has 0 spiro atoms. The number of rotatable bonds is 9. The number of methoxy groups -OCH3 is 1. The molecule has 0 saturated carbocycles. The van der Waals surface area contributed by atoms with Gasteiger partial charge in [0, 0.05) is 25.3 Å². The van der Waals surface area contributed by atoms with Gasteiger partial charge in [0.1, 0.15) is 0 Å². The third-order valence-electron chi connectivity index (χ3n) is 4.77. The van der Waals surface area contributed by atoms with E-state index in [4.69, 9.17) is 9.47 Å². The number of aryl methyl sites for hydroxylation is 1. The van der Waals surface area contributed by atoms with E-state index in [1.54, 1.807) is 23.8 Å². The molecule has 1 atom stereocenters. The lowest BCUT2D eigenvalue weighted by Gasteiger charge is -2.16. The van der Waals surface area contributed by atoms with Crippen LogP contribution in [0.25, 0.3) is 0 Å². The van der Waals surface area contributed by atoms with Gasteiger partial charge in [0.2, 0.25) is 11.8 Å². The third-order valence-corrected chi connectivity index (χ3v) is 5.79. The highest BCUT2D eigenvalue weighted by atomic mass is 32.2. The second-order valence-electron chi connectivity index (χ2n) is 7.36. The van der Waals surface area contributed by atoms with E-state index in [0.29, 0.717) is 33.9 Å². The molecule has 2 N–H and O–H groups in total. The van der Waals surface area contributed by atoms with Gasteiger partial charge in [0.05, 0.1) is 12.9 Å². The summed E-state index contributed by atoms with van der Waals surface area (Å²) in [6.07, 6.45) is -0.373. The van der Waals surface area contributed by atoms with Crippen molar-refractivity contribution in [2.24, 2.45) is 7.05 Å². The lowest BCUT2D eigenvalue weighted by molar-refractivity contribution is -0.114. The zero-order valence-corrected chi connectivity index (χ0v) is 20.0. The molecule has 0 fully saturated rings. The van der Waals surface area contributed by atoms with Crippen molar-refractivity contribution in [3.8, 4) is 11.5 Å². The van der Waals surface area contributed by atoms with E-state index in [9.17, 15) is 9.59 Å². The maximum Gasteiger partial charge on any atom is 0.234 e. The van der Waals surface area contributed by atoms with Crippen molar-refractivity contribution < 1.29 is 19.1 Å². The molecule has 3 aromatic rings. The maximum atomic E-state index is 12.5. The molecule has 33 heavy (non-hydrogen) atoms. The molecule has 9 nitrogen and oxygen atoms in total. The van der Waals surface area contributed by atoms with Crippen molar-refractivity contribution in [1.29, 1.82) is 0 Å². The number of nitrogens with zero attached hydrogens (tertiary/aromatic N) is 3. The Kier molecular flexibility index (Phi) is 7.94. The Morgan fingerprint density at radius 1 is 1.12 bits per heavy atom. The molecule has 1 heterocycles. The molecule has 2 aromatic carbocycles. The fourth-order valence-electron chi connectivity index (χ4n) is 3.12. The van der Waals surface area contributed by atoms with Crippen molar-refractivity contribution in [3.63, 3.8) is 0 Å². The fraction of sp³-hybridized carbons (Fsp3) is 0.304. The number of ether oxygens (including phenoxy) is 2. The highest BCUT2D eigenvalue weighted by molar-refractivity contribution is 7.99. The first kappa shape index (κ1) is 24.1. The smallest absolute Gasteiger partial charge is 0.234 e. The Balaban J connectivity index is 1.60. The Morgan fingerprint density at radius 2 is 1.85 bits per heavy atom. The lowest BCUT2D eigenvalue weighted by atomic mass is 10.2. The van der Waals surface area contributed by atoms with Gasteiger partial charge in [-0.15, -0.1) is 10.2 Å². The molecule has 0 aliphatic carbocycles. The number of hydrogen-bond donors (Lipinski definition) is 2. The predicted octanol–water partition coefficient (Wildman–Crippen LogP) is 3.96. The monoisotopic (exact) mass is 469 g/mol. The molecular weight excluding hydrogens is 442 g/mol. The highest BCUT2D eigenvalue weighted by Gasteiger charge is 2.19. The largest absolute Gasteiger partial charge is 0.493 e. The Hall–Kier alpha value is -3.53. The second kappa shape index (κ2) is 10.9. The third kappa shape index (κ3) is 6.26. The van der Waals surface area contributed by atoms with Crippen LogP contribution in [0, 0.1) is 6.92 Å². The number of para-hydroxylation sites is 2. The van der Waals surface area contributed by atoms with Gasteiger partial charge in [-0.3, -0.25) is 9.59 Å². The van der Waals surface area contributed by atoms with E-state index in [2.05, 4.69) is 20.8 Å². The molecule has 1 aromatic heterocycles. The zero-order chi connectivity index (χ0) is 24.0. The van der Waals surface area contributed by atoms with Crippen molar-refractivity contribution >= 4 is 35.0 Å². The topological polar surface area (TPSA) is 107 Å². The summed E-state index contributed by atoms with van der Waals surface area (Å²) in [5.41, 5.74) is 2.18. The standard InChI is InChI=1S/C23H27N5O4S/c1-14-10-11-17(12-18(14)24-16(3)29)25-21(30)13-33-23-27-26-22(28(23)4)15(2)32-20-9-7-6-8-19(20)31-5/h6-12,15H,13H2,1-5H3,(H,24,29)(H,25,30). The van der Waals surface area contributed by atoms with Gasteiger partial charge < -0.3 is 24.7 Å². The van der Waals surface area contributed by atoms with Crippen LogP contribution in [0.5, 0.6) is 11.5 Å². The minimum Gasteiger partial charge on any atom is -0.493 e. The van der Waals surface area contributed by atoms with Crippen molar-refractivity contribution in [3.05, 3.63) is 53.9 Å². The predicted molar refractivity (Wildman–Crippen MR) is 128 cm³/mol. The van der Waals surface area contributed by atoms with Crippen molar-refractivity contribution in [2.45, 2.75) is 32.0 Å². The minimum atomic E-state index is -0.373. The van der Waals surface area contributed by atoms with Crippen LogP contribution in [0.4, 0.5) is 11.4 Å². The number of hydrogen-bond acceptors (Lipinski definition) is 7.